The molecule has 0 aliphatic heterocycles. The predicted octanol–water partition coefficient (Wildman–Crippen LogP) is 0.923. The first-order valence-corrected chi connectivity index (χ1v) is 4.04. The summed E-state index contributed by atoms with van der Waals surface area (Å²) < 4.78 is 12.0. The molecule has 1 nitrogen and oxygen atoms in total. The first-order chi connectivity index (χ1) is 4.86. The van der Waals surface area contributed by atoms with E-state index in [1.54, 1.807) is 12.3 Å². The van der Waals surface area contributed by atoms with Crippen LogP contribution in [0.25, 0.3) is 0 Å². The minimum absolute atomic E-state index is 0.485. The zero-order valence-electron chi connectivity index (χ0n) is 5.35. The van der Waals surface area contributed by atoms with E-state index in [4.69, 9.17) is 0 Å². The van der Waals surface area contributed by atoms with E-state index in [1.807, 2.05) is 6.07 Å². The molecule has 52 valence electrons. The summed E-state index contributed by atoms with van der Waals surface area (Å²) in [5.41, 5.74) is 1.56. The maximum Gasteiger partial charge on any atom is 0.382 e. The highest BCUT2D eigenvalue weighted by atomic mass is 79.9. The Kier molecular flexibility index (Phi) is 2.87. The molecule has 0 saturated carbocycles. The van der Waals surface area contributed by atoms with Crippen LogP contribution in [-0.4, -0.2) is 12.5 Å². The molecule has 0 spiro atoms. The second-order valence-corrected chi connectivity index (χ2v) is 2.48. The molecular formula is C6H6BBrFN. The standard InChI is InChI=1S/C6H6BBrFN/c8-4-5-1-2-10-6(3-5)7-9/h1-3,7H,4H2. The van der Waals surface area contributed by atoms with Gasteiger partial charge < -0.3 is 4.32 Å². The van der Waals surface area contributed by atoms with E-state index in [-0.39, 0.29) is 0 Å². The molecule has 0 aliphatic carbocycles. The third-order valence-corrected chi connectivity index (χ3v) is 1.82. The summed E-state index contributed by atoms with van der Waals surface area (Å²) in [6.07, 6.45) is 1.62. The fourth-order valence-corrected chi connectivity index (χ4v) is 1.03. The molecule has 0 fully saturated rings. The second kappa shape index (κ2) is 3.71. The Morgan fingerprint density at radius 2 is 2.50 bits per heavy atom. The van der Waals surface area contributed by atoms with Gasteiger partial charge in [0.25, 0.3) is 0 Å². The van der Waals surface area contributed by atoms with Gasteiger partial charge in [-0.3, -0.25) is 4.98 Å². The Morgan fingerprint density at radius 1 is 1.70 bits per heavy atom. The van der Waals surface area contributed by atoms with Gasteiger partial charge >= 0.3 is 7.56 Å². The molecule has 1 aromatic heterocycles. The minimum atomic E-state index is -0.485. The van der Waals surface area contributed by atoms with Gasteiger partial charge in [-0.05, 0) is 17.7 Å². The highest BCUT2D eigenvalue weighted by molar-refractivity contribution is 9.08. The second-order valence-electron chi connectivity index (χ2n) is 1.92. The number of aromatic nitrogens is 1. The summed E-state index contributed by atoms with van der Waals surface area (Å²) in [7, 11) is -0.485. The van der Waals surface area contributed by atoms with Gasteiger partial charge in [-0.25, -0.2) is 0 Å². The van der Waals surface area contributed by atoms with Crippen molar-refractivity contribution in [3.63, 3.8) is 0 Å². The zero-order chi connectivity index (χ0) is 7.40. The van der Waals surface area contributed by atoms with E-state index < -0.39 is 7.56 Å². The van der Waals surface area contributed by atoms with Gasteiger partial charge in [-0.2, -0.15) is 0 Å². The monoisotopic (exact) mass is 201 g/mol. The number of hydrogen-bond acceptors (Lipinski definition) is 1. The molecule has 0 amide bonds. The smallest absolute Gasteiger partial charge is 0.333 e. The molecule has 0 radical (unpaired) electrons. The van der Waals surface area contributed by atoms with Crippen LogP contribution in [0.2, 0.25) is 0 Å². The fourth-order valence-electron chi connectivity index (χ4n) is 0.684. The lowest BCUT2D eigenvalue weighted by Gasteiger charge is -1.94. The van der Waals surface area contributed by atoms with Crippen molar-refractivity contribution in [2.75, 3.05) is 0 Å². The zero-order valence-corrected chi connectivity index (χ0v) is 6.94. The van der Waals surface area contributed by atoms with E-state index in [2.05, 4.69) is 20.9 Å². The van der Waals surface area contributed by atoms with Crippen LogP contribution in [0.1, 0.15) is 5.56 Å². The summed E-state index contributed by atoms with van der Waals surface area (Å²) >= 11 is 3.27. The molecule has 4 heteroatoms. The molecule has 0 aliphatic rings. The first kappa shape index (κ1) is 7.73. The molecule has 0 bridgehead atoms. The molecule has 1 heterocycles. The molecule has 0 unspecified atom stereocenters. The summed E-state index contributed by atoms with van der Waals surface area (Å²) in [5.74, 6) is 0. The van der Waals surface area contributed by atoms with Crippen LogP contribution in [0.15, 0.2) is 18.3 Å². The molecule has 10 heavy (non-hydrogen) atoms. The van der Waals surface area contributed by atoms with E-state index in [0.717, 1.165) is 10.9 Å². The van der Waals surface area contributed by atoms with Crippen molar-refractivity contribution < 1.29 is 4.32 Å². The van der Waals surface area contributed by atoms with Crippen LogP contribution in [-0.2, 0) is 5.33 Å². The van der Waals surface area contributed by atoms with E-state index in [9.17, 15) is 4.32 Å². The van der Waals surface area contributed by atoms with E-state index in [1.165, 1.54) is 0 Å². The van der Waals surface area contributed by atoms with Crippen molar-refractivity contribution in [2.45, 2.75) is 5.33 Å². The van der Waals surface area contributed by atoms with E-state index in [0.29, 0.717) is 5.59 Å². The lowest BCUT2D eigenvalue weighted by molar-refractivity contribution is 0.881. The van der Waals surface area contributed by atoms with Crippen LogP contribution in [0.4, 0.5) is 4.32 Å². The Labute approximate surface area is 68.1 Å². The first-order valence-electron chi connectivity index (χ1n) is 2.92. The van der Waals surface area contributed by atoms with Gasteiger partial charge in [0.05, 0.1) is 0 Å². The minimum Gasteiger partial charge on any atom is -0.333 e. The number of rotatable bonds is 2. The van der Waals surface area contributed by atoms with Crippen molar-refractivity contribution >= 4 is 29.1 Å². The van der Waals surface area contributed by atoms with Gasteiger partial charge in [-0.1, -0.05) is 15.9 Å². The van der Waals surface area contributed by atoms with Crippen LogP contribution < -0.4 is 5.59 Å². The molecule has 0 atom stereocenters. The molecule has 1 aromatic rings. The SMILES string of the molecule is FBc1cc(CBr)ccn1. The van der Waals surface area contributed by atoms with E-state index >= 15 is 0 Å². The highest BCUT2D eigenvalue weighted by Crippen LogP contribution is 2.00. The predicted molar refractivity (Wildman–Crippen MR) is 44.8 cm³/mol. The Balaban J connectivity index is 2.87. The molecule has 0 saturated heterocycles. The molecule has 1 rings (SSSR count). The number of hydrogen-bond donors (Lipinski definition) is 0. The maximum absolute atomic E-state index is 12.0. The molecule has 0 N–H and O–H groups in total. The van der Waals surface area contributed by atoms with Crippen LogP contribution in [0.3, 0.4) is 0 Å². The Hall–Kier alpha value is -0.375. The molecular weight excluding hydrogens is 196 g/mol. The van der Waals surface area contributed by atoms with Gasteiger partial charge in [0.15, 0.2) is 0 Å². The van der Waals surface area contributed by atoms with Gasteiger partial charge in [0, 0.05) is 17.1 Å². The molecule has 0 aromatic carbocycles. The van der Waals surface area contributed by atoms with Crippen molar-refractivity contribution in [1.82, 2.24) is 4.98 Å². The number of pyridine rings is 1. The normalized spacial score (nSPS) is 9.40. The van der Waals surface area contributed by atoms with Crippen molar-refractivity contribution in [3.8, 4) is 0 Å². The van der Waals surface area contributed by atoms with Gasteiger partial charge in [0.1, 0.15) is 0 Å². The van der Waals surface area contributed by atoms with Gasteiger partial charge in [-0.15, -0.1) is 0 Å². The Bertz CT molecular complexity index is 199. The average Bonchev–Trinajstić information content (AvgIpc) is 2.05. The van der Waals surface area contributed by atoms with Crippen LogP contribution in [0, 0.1) is 0 Å². The van der Waals surface area contributed by atoms with Crippen LogP contribution >= 0.6 is 15.9 Å². The largest absolute Gasteiger partial charge is 0.382 e. The lowest BCUT2D eigenvalue weighted by Crippen LogP contribution is -2.14. The fraction of sp³-hybridized carbons (Fsp3) is 0.167. The lowest BCUT2D eigenvalue weighted by atomic mass is 9.97. The van der Waals surface area contributed by atoms with Crippen molar-refractivity contribution in [3.05, 3.63) is 23.9 Å². The third-order valence-electron chi connectivity index (χ3n) is 1.17. The van der Waals surface area contributed by atoms with Gasteiger partial charge in [0.2, 0.25) is 0 Å². The topological polar surface area (TPSA) is 12.9 Å². The summed E-state index contributed by atoms with van der Waals surface area (Å²) in [5, 5.41) is 0.752. The summed E-state index contributed by atoms with van der Waals surface area (Å²) in [4.78, 5) is 3.81. The third kappa shape index (κ3) is 1.80. The summed E-state index contributed by atoms with van der Waals surface area (Å²) in [6, 6.07) is 3.60. The number of halogens is 2. The van der Waals surface area contributed by atoms with Crippen molar-refractivity contribution in [2.24, 2.45) is 0 Å². The number of alkyl halides is 1. The number of nitrogens with zero attached hydrogens (tertiary/aromatic N) is 1. The Morgan fingerprint density at radius 3 is 3.10 bits per heavy atom. The maximum atomic E-state index is 12.0. The highest BCUT2D eigenvalue weighted by Gasteiger charge is 1.96. The van der Waals surface area contributed by atoms with Crippen LogP contribution in [0.5, 0.6) is 0 Å². The summed E-state index contributed by atoms with van der Waals surface area (Å²) in [6.45, 7) is 0. The van der Waals surface area contributed by atoms with Crippen molar-refractivity contribution in [1.29, 1.82) is 0 Å². The quantitative estimate of drug-likeness (QED) is 0.513. The average molecular weight is 202 g/mol.